The Morgan fingerprint density at radius 3 is 2.75 bits per heavy atom. The molecule has 0 aromatic heterocycles. The van der Waals surface area contributed by atoms with Crippen LogP contribution < -0.4 is 0 Å². The highest BCUT2D eigenvalue weighted by Crippen LogP contribution is 2.16. The summed E-state index contributed by atoms with van der Waals surface area (Å²) in [4.78, 5) is 0. The lowest BCUT2D eigenvalue weighted by molar-refractivity contribution is 1.60. The molecule has 1 aromatic carbocycles. The third kappa shape index (κ3) is 2.56. The van der Waals surface area contributed by atoms with Gasteiger partial charge in [-0.3, -0.25) is 0 Å². The molecule has 0 radical (unpaired) electrons. The van der Waals surface area contributed by atoms with Gasteiger partial charge in [0, 0.05) is 4.47 Å². The Kier molecular flexibility index (Phi) is 3.63. The third-order valence-corrected chi connectivity index (χ3v) is 2.12. The minimum absolute atomic E-state index is 1.10. The largest absolute Gasteiger partial charge is 0.102 e. The van der Waals surface area contributed by atoms with Gasteiger partial charge in [0.15, 0.2) is 0 Å². The highest BCUT2D eigenvalue weighted by molar-refractivity contribution is 9.10. The van der Waals surface area contributed by atoms with Gasteiger partial charge in [0.2, 0.25) is 0 Å². The molecule has 0 bridgehead atoms. The van der Waals surface area contributed by atoms with E-state index in [9.17, 15) is 0 Å². The number of halogens is 1. The van der Waals surface area contributed by atoms with Gasteiger partial charge in [0.05, 0.1) is 0 Å². The molecule has 0 heterocycles. The van der Waals surface area contributed by atoms with Crippen molar-refractivity contribution < 1.29 is 0 Å². The third-order valence-electron chi connectivity index (χ3n) is 1.40. The highest BCUT2D eigenvalue weighted by atomic mass is 79.9. The van der Waals surface area contributed by atoms with Crippen molar-refractivity contribution in [3.05, 3.63) is 40.4 Å². The maximum atomic E-state index is 3.45. The predicted octanol–water partition coefficient (Wildman–Crippen LogP) is 3.49. The summed E-state index contributed by atoms with van der Waals surface area (Å²) in [5.74, 6) is 5.68. The van der Waals surface area contributed by atoms with E-state index in [0.29, 0.717) is 0 Å². The fraction of sp³-hybridized carbons (Fsp3) is 0.0909. The quantitative estimate of drug-likeness (QED) is 0.637. The van der Waals surface area contributed by atoms with Crippen LogP contribution in [0.3, 0.4) is 0 Å². The molecule has 1 rings (SSSR count). The van der Waals surface area contributed by atoms with Crippen molar-refractivity contribution in [1.82, 2.24) is 0 Å². The van der Waals surface area contributed by atoms with Gasteiger partial charge in [0.1, 0.15) is 0 Å². The standard InChI is InChI=1S/C11H9Br/c1-2-3-4-7-10-8-5-6-9-11(10)12/h4-9H,1H3/b7-4-. The zero-order valence-electron chi connectivity index (χ0n) is 6.84. The Balaban J connectivity index is 2.87. The second-order valence-electron chi connectivity index (χ2n) is 2.25. The average molecular weight is 221 g/mol. The van der Waals surface area contributed by atoms with E-state index >= 15 is 0 Å². The van der Waals surface area contributed by atoms with Gasteiger partial charge in [-0.05, 0) is 30.7 Å². The summed E-state index contributed by atoms with van der Waals surface area (Å²) in [6.07, 6.45) is 3.83. The summed E-state index contributed by atoms with van der Waals surface area (Å²) >= 11 is 3.45. The fourth-order valence-electron chi connectivity index (χ4n) is 0.825. The lowest BCUT2D eigenvalue weighted by Crippen LogP contribution is -1.71. The minimum Gasteiger partial charge on any atom is -0.102 e. The summed E-state index contributed by atoms with van der Waals surface area (Å²) in [5, 5.41) is 0. The lowest BCUT2D eigenvalue weighted by atomic mass is 10.2. The first kappa shape index (κ1) is 9.09. The van der Waals surface area contributed by atoms with Gasteiger partial charge in [-0.25, -0.2) is 0 Å². The van der Waals surface area contributed by atoms with Crippen molar-refractivity contribution in [2.24, 2.45) is 0 Å². The molecule has 1 aromatic rings. The van der Waals surface area contributed by atoms with E-state index in [1.54, 1.807) is 0 Å². The summed E-state index contributed by atoms with van der Waals surface area (Å²) in [7, 11) is 0. The van der Waals surface area contributed by atoms with Crippen LogP contribution in [-0.2, 0) is 0 Å². The molecular weight excluding hydrogens is 212 g/mol. The summed E-state index contributed by atoms with van der Waals surface area (Å²) < 4.78 is 1.10. The molecule has 0 N–H and O–H groups in total. The van der Waals surface area contributed by atoms with Crippen LogP contribution in [0, 0.1) is 11.8 Å². The first-order chi connectivity index (χ1) is 5.84. The van der Waals surface area contributed by atoms with Crippen LogP contribution in [0.4, 0.5) is 0 Å². The van der Waals surface area contributed by atoms with E-state index < -0.39 is 0 Å². The molecule has 0 amide bonds. The maximum absolute atomic E-state index is 3.45. The zero-order chi connectivity index (χ0) is 8.81. The molecule has 0 aliphatic carbocycles. The number of rotatable bonds is 1. The maximum Gasteiger partial charge on any atom is 0.0247 e. The van der Waals surface area contributed by atoms with Crippen LogP contribution in [-0.4, -0.2) is 0 Å². The van der Waals surface area contributed by atoms with E-state index in [0.717, 1.165) is 10.0 Å². The van der Waals surface area contributed by atoms with Crippen LogP contribution in [0.15, 0.2) is 34.8 Å². The van der Waals surface area contributed by atoms with Gasteiger partial charge in [0.25, 0.3) is 0 Å². The molecule has 0 saturated carbocycles. The van der Waals surface area contributed by atoms with Crippen molar-refractivity contribution >= 4 is 22.0 Å². The normalized spacial score (nSPS) is 9.50. The summed E-state index contributed by atoms with van der Waals surface area (Å²) in [6, 6.07) is 8.05. The van der Waals surface area contributed by atoms with Crippen molar-refractivity contribution in [2.45, 2.75) is 6.92 Å². The molecule has 0 nitrogen and oxygen atoms in total. The predicted molar refractivity (Wildman–Crippen MR) is 56.6 cm³/mol. The van der Waals surface area contributed by atoms with Crippen LogP contribution in [0.2, 0.25) is 0 Å². The number of benzene rings is 1. The number of hydrogen-bond donors (Lipinski definition) is 0. The molecular formula is C11H9Br. The van der Waals surface area contributed by atoms with E-state index in [-0.39, 0.29) is 0 Å². The molecule has 0 saturated heterocycles. The Hall–Kier alpha value is -1.00. The first-order valence-electron chi connectivity index (χ1n) is 3.68. The Bertz CT molecular complexity index is 340. The first-order valence-corrected chi connectivity index (χ1v) is 4.47. The topological polar surface area (TPSA) is 0 Å². The highest BCUT2D eigenvalue weighted by Gasteiger charge is 1.90. The zero-order valence-corrected chi connectivity index (χ0v) is 8.43. The number of allylic oxidation sites excluding steroid dienone is 1. The van der Waals surface area contributed by atoms with E-state index in [2.05, 4.69) is 27.8 Å². The molecule has 0 spiro atoms. The van der Waals surface area contributed by atoms with E-state index in [4.69, 9.17) is 0 Å². The van der Waals surface area contributed by atoms with Crippen LogP contribution in [0.1, 0.15) is 12.5 Å². The molecule has 60 valence electrons. The Morgan fingerprint density at radius 1 is 1.33 bits per heavy atom. The summed E-state index contributed by atoms with van der Waals surface area (Å²) in [6.45, 7) is 1.82. The molecule has 0 unspecified atom stereocenters. The molecule has 0 fully saturated rings. The van der Waals surface area contributed by atoms with Gasteiger partial charge in [-0.1, -0.05) is 40.0 Å². The number of hydrogen-bond acceptors (Lipinski definition) is 0. The smallest absolute Gasteiger partial charge is 0.0247 e. The van der Waals surface area contributed by atoms with Crippen LogP contribution >= 0.6 is 15.9 Å². The van der Waals surface area contributed by atoms with Gasteiger partial charge in [-0.15, -0.1) is 5.92 Å². The monoisotopic (exact) mass is 220 g/mol. The SMILES string of the molecule is CC#C/C=C\c1ccccc1Br. The summed E-state index contributed by atoms with van der Waals surface area (Å²) in [5.41, 5.74) is 1.15. The molecule has 0 aliphatic heterocycles. The van der Waals surface area contributed by atoms with Crippen molar-refractivity contribution in [2.75, 3.05) is 0 Å². The average Bonchev–Trinajstić information content (AvgIpc) is 2.09. The second kappa shape index (κ2) is 4.79. The molecule has 0 atom stereocenters. The van der Waals surface area contributed by atoms with Crippen LogP contribution in [0.5, 0.6) is 0 Å². The molecule has 0 aliphatic rings. The molecule has 1 heteroatoms. The Morgan fingerprint density at radius 2 is 2.08 bits per heavy atom. The fourth-order valence-corrected chi connectivity index (χ4v) is 1.24. The van der Waals surface area contributed by atoms with Crippen LogP contribution in [0.25, 0.3) is 6.08 Å². The van der Waals surface area contributed by atoms with Gasteiger partial charge < -0.3 is 0 Å². The van der Waals surface area contributed by atoms with E-state index in [1.807, 2.05) is 43.3 Å². The minimum atomic E-state index is 1.10. The molecule has 12 heavy (non-hydrogen) atoms. The van der Waals surface area contributed by atoms with Gasteiger partial charge >= 0.3 is 0 Å². The van der Waals surface area contributed by atoms with Gasteiger partial charge in [-0.2, -0.15) is 0 Å². The van der Waals surface area contributed by atoms with Crippen molar-refractivity contribution in [3.63, 3.8) is 0 Å². The second-order valence-corrected chi connectivity index (χ2v) is 3.10. The van der Waals surface area contributed by atoms with Crippen molar-refractivity contribution in [1.29, 1.82) is 0 Å². The lowest BCUT2D eigenvalue weighted by Gasteiger charge is -1.94. The Labute approximate surface area is 81.4 Å². The van der Waals surface area contributed by atoms with Crippen molar-refractivity contribution in [3.8, 4) is 11.8 Å². The van der Waals surface area contributed by atoms with E-state index in [1.165, 1.54) is 0 Å².